The molecule has 0 heterocycles. The first-order valence-electron chi connectivity index (χ1n) is 5.79. The molecule has 0 aliphatic heterocycles. The Morgan fingerprint density at radius 1 is 0.846 bits per heavy atom. The van der Waals surface area contributed by atoms with Crippen LogP contribution in [0.15, 0.2) is 0 Å². The third kappa shape index (κ3) is 12.5. The highest BCUT2D eigenvalue weighted by Gasteiger charge is 1.91. The second-order valence-corrected chi connectivity index (χ2v) is 4.47. The number of hydrogen-bond donors (Lipinski definition) is 0. The molecule has 0 saturated carbocycles. The minimum absolute atomic E-state index is 1.15. The van der Waals surface area contributed by atoms with E-state index < -0.39 is 0 Å². The third-order valence-electron chi connectivity index (χ3n) is 2.30. The molecule has 13 heavy (non-hydrogen) atoms. The largest absolute Gasteiger partial charge is 0.0928 e. The summed E-state index contributed by atoms with van der Waals surface area (Å²) in [4.78, 5) is 0. The molecule has 0 spiro atoms. The highest BCUT2D eigenvalue weighted by Crippen LogP contribution is 2.09. The fraction of sp³-hybridized carbons (Fsp3) is 0.917. The Morgan fingerprint density at radius 2 is 1.46 bits per heavy atom. The number of unbranched alkanes of at least 4 members (excludes halogenated alkanes) is 9. The van der Waals surface area contributed by atoms with E-state index in [0.29, 0.717) is 0 Å². The van der Waals surface area contributed by atoms with Crippen LogP contribution in [0.5, 0.6) is 0 Å². The van der Waals surface area contributed by atoms with Gasteiger partial charge in [-0.2, -0.15) is 0 Å². The lowest BCUT2D eigenvalue weighted by atomic mass is 10.1. The summed E-state index contributed by atoms with van der Waals surface area (Å²) in [6, 6.07) is 0. The summed E-state index contributed by atoms with van der Waals surface area (Å²) in [5.41, 5.74) is 0. The van der Waals surface area contributed by atoms with E-state index in [0.717, 1.165) is 5.33 Å². The average molecular weight is 248 g/mol. The van der Waals surface area contributed by atoms with E-state index in [4.69, 9.17) is 0 Å². The first-order chi connectivity index (χ1) is 6.41. The number of alkyl halides is 1. The van der Waals surface area contributed by atoms with Crippen LogP contribution >= 0.6 is 15.9 Å². The number of halogens is 1. The Balaban J connectivity index is 2.76. The second-order valence-electron chi connectivity index (χ2n) is 3.68. The van der Waals surface area contributed by atoms with Crippen molar-refractivity contribution in [2.75, 3.05) is 5.33 Å². The molecule has 79 valence electrons. The second kappa shape index (κ2) is 12.5. The number of rotatable bonds is 10. The van der Waals surface area contributed by atoms with Crippen LogP contribution in [-0.4, -0.2) is 5.33 Å². The van der Waals surface area contributed by atoms with E-state index in [1.165, 1.54) is 57.8 Å². The maximum Gasteiger partial charge on any atom is 0.00314 e. The van der Waals surface area contributed by atoms with Gasteiger partial charge in [0.2, 0.25) is 0 Å². The highest BCUT2D eigenvalue weighted by molar-refractivity contribution is 9.09. The summed E-state index contributed by atoms with van der Waals surface area (Å²) in [5.74, 6) is 0. The highest BCUT2D eigenvalue weighted by atomic mass is 79.9. The van der Waals surface area contributed by atoms with Gasteiger partial charge in [0.15, 0.2) is 0 Å². The topological polar surface area (TPSA) is 0 Å². The summed E-state index contributed by atoms with van der Waals surface area (Å²) >= 11 is 3.44. The van der Waals surface area contributed by atoms with Crippen molar-refractivity contribution < 1.29 is 0 Å². The molecule has 1 radical (unpaired) electrons. The molecule has 0 aromatic carbocycles. The van der Waals surface area contributed by atoms with Gasteiger partial charge in [0.05, 0.1) is 0 Å². The zero-order valence-electron chi connectivity index (χ0n) is 9.03. The molecule has 1 heteroatoms. The lowest BCUT2D eigenvalue weighted by molar-refractivity contribution is 0.600. The maximum atomic E-state index is 3.44. The van der Waals surface area contributed by atoms with Gasteiger partial charge in [0.1, 0.15) is 0 Å². The summed E-state index contributed by atoms with van der Waals surface area (Å²) in [6.07, 6.45) is 14.9. The quantitative estimate of drug-likeness (QED) is 0.372. The zero-order chi connectivity index (χ0) is 9.78. The van der Waals surface area contributed by atoms with Gasteiger partial charge in [0.25, 0.3) is 0 Å². The van der Waals surface area contributed by atoms with Gasteiger partial charge in [-0.25, -0.2) is 0 Å². The number of hydrogen-bond acceptors (Lipinski definition) is 0. The summed E-state index contributed by atoms with van der Waals surface area (Å²) in [5, 5.41) is 1.15. The zero-order valence-corrected chi connectivity index (χ0v) is 10.6. The van der Waals surface area contributed by atoms with Gasteiger partial charge in [-0.05, 0) is 19.3 Å². The van der Waals surface area contributed by atoms with Crippen LogP contribution in [0.1, 0.15) is 64.7 Å². The molecule has 0 nitrogen and oxygen atoms in total. The van der Waals surface area contributed by atoms with Crippen LogP contribution in [0, 0.1) is 6.42 Å². The van der Waals surface area contributed by atoms with Gasteiger partial charge < -0.3 is 0 Å². The molecule has 0 amide bonds. The SMILES string of the molecule is CCCCCCCC[CH]CCCBr. The summed E-state index contributed by atoms with van der Waals surface area (Å²) in [7, 11) is 0. The molecular weight excluding hydrogens is 224 g/mol. The predicted molar refractivity (Wildman–Crippen MR) is 65.3 cm³/mol. The van der Waals surface area contributed by atoms with Crippen LogP contribution in [-0.2, 0) is 0 Å². The molecule has 0 unspecified atom stereocenters. The molecule has 0 N–H and O–H groups in total. The van der Waals surface area contributed by atoms with Crippen molar-refractivity contribution in [1.82, 2.24) is 0 Å². The van der Waals surface area contributed by atoms with Crippen LogP contribution < -0.4 is 0 Å². The van der Waals surface area contributed by atoms with E-state index in [1.807, 2.05) is 0 Å². The molecule has 0 aliphatic rings. The molecule has 0 aliphatic carbocycles. The van der Waals surface area contributed by atoms with E-state index in [2.05, 4.69) is 29.3 Å². The molecule has 0 bridgehead atoms. The van der Waals surface area contributed by atoms with E-state index in [1.54, 1.807) is 0 Å². The van der Waals surface area contributed by atoms with Crippen molar-refractivity contribution >= 4 is 15.9 Å². The minimum atomic E-state index is 1.15. The Bertz CT molecular complexity index is 71.2. The Kier molecular flexibility index (Phi) is 12.9. The van der Waals surface area contributed by atoms with Crippen LogP contribution in [0.4, 0.5) is 0 Å². The van der Waals surface area contributed by atoms with Crippen molar-refractivity contribution in [2.24, 2.45) is 0 Å². The molecule has 0 aromatic heterocycles. The molecule has 0 rings (SSSR count). The minimum Gasteiger partial charge on any atom is -0.0928 e. The van der Waals surface area contributed by atoms with Crippen molar-refractivity contribution in [1.29, 1.82) is 0 Å². The third-order valence-corrected chi connectivity index (χ3v) is 2.86. The van der Waals surface area contributed by atoms with Crippen molar-refractivity contribution in [2.45, 2.75) is 64.7 Å². The normalized spacial score (nSPS) is 10.6. The van der Waals surface area contributed by atoms with Gasteiger partial charge in [-0.3, -0.25) is 0 Å². The monoisotopic (exact) mass is 247 g/mol. The van der Waals surface area contributed by atoms with Crippen LogP contribution in [0.25, 0.3) is 0 Å². The van der Waals surface area contributed by atoms with Crippen molar-refractivity contribution in [3.05, 3.63) is 6.42 Å². The van der Waals surface area contributed by atoms with Crippen LogP contribution in [0.3, 0.4) is 0 Å². The van der Waals surface area contributed by atoms with Crippen molar-refractivity contribution in [3.8, 4) is 0 Å². The molecule has 0 saturated heterocycles. The Hall–Kier alpha value is 0.480. The smallest absolute Gasteiger partial charge is 0.00314 e. The van der Waals surface area contributed by atoms with Gasteiger partial charge >= 0.3 is 0 Å². The predicted octanol–water partition coefficient (Wildman–Crippen LogP) is 5.12. The average Bonchev–Trinajstić information content (AvgIpc) is 2.16. The Morgan fingerprint density at radius 3 is 2.15 bits per heavy atom. The maximum absolute atomic E-state index is 3.44. The molecule has 0 atom stereocenters. The van der Waals surface area contributed by atoms with Crippen LogP contribution in [0.2, 0.25) is 0 Å². The molecule has 0 fully saturated rings. The van der Waals surface area contributed by atoms with Gasteiger partial charge in [-0.15, -0.1) is 0 Å². The standard InChI is InChI=1S/C12H24Br/c1-2-3-4-5-6-7-8-9-10-11-12-13/h9H,2-8,10-12H2,1H3. The molecule has 0 aromatic rings. The van der Waals surface area contributed by atoms with Gasteiger partial charge in [-0.1, -0.05) is 67.8 Å². The summed E-state index contributed by atoms with van der Waals surface area (Å²) in [6.45, 7) is 2.27. The Labute approximate surface area is 92.6 Å². The fourth-order valence-electron chi connectivity index (χ4n) is 1.43. The fourth-order valence-corrected chi connectivity index (χ4v) is 1.76. The lowest BCUT2D eigenvalue weighted by Crippen LogP contribution is -1.82. The first-order valence-corrected chi connectivity index (χ1v) is 6.91. The van der Waals surface area contributed by atoms with Gasteiger partial charge in [0, 0.05) is 5.33 Å². The summed E-state index contributed by atoms with van der Waals surface area (Å²) < 4.78 is 0. The molecular formula is C12H24Br. The first kappa shape index (κ1) is 13.5. The van der Waals surface area contributed by atoms with E-state index in [9.17, 15) is 0 Å². The van der Waals surface area contributed by atoms with E-state index >= 15 is 0 Å². The lowest BCUT2D eigenvalue weighted by Gasteiger charge is -2.00. The van der Waals surface area contributed by atoms with E-state index in [-0.39, 0.29) is 0 Å². The van der Waals surface area contributed by atoms with Crippen molar-refractivity contribution in [3.63, 3.8) is 0 Å².